The lowest BCUT2D eigenvalue weighted by atomic mass is 10.0. The monoisotopic (exact) mass is 270 g/mol. The second-order valence-electron chi connectivity index (χ2n) is 5.07. The molecule has 20 heavy (non-hydrogen) atoms. The number of fused-ring (bicyclic) bond motifs is 1. The van der Waals surface area contributed by atoms with Crippen LogP contribution in [0.15, 0.2) is 24.5 Å². The van der Waals surface area contributed by atoms with E-state index < -0.39 is 0 Å². The standard InChI is InChI=1S/C15H18N4O/c1-17-15(20)10-6-7-13(11(16)8-10)19-9-18-12-4-2-3-5-14(12)19/h6-9H,2-5,16H2,1H3,(H,17,20). The lowest BCUT2D eigenvalue weighted by Crippen LogP contribution is -2.18. The van der Waals surface area contributed by atoms with Gasteiger partial charge in [-0.15, -0.1) is 0 Å². The van der Waals surface area contributed by atoms with Crippen molar-refractivity contribution in [3.63, 3.8) is 0 Å². The highest BCUT2D eigenvalue weighted by Gasteiger charge is 2.17. The quantitative estimate of drug-likeness (QED) is 0.816. The Morgan fingerprint density at radius 1 is 1.35 bits per heavy atom. The highest BCUT2D eigenvalue weighted by Crippen LogP contribution is 2.26. The number of amides is 1. The molecule has 0 saturated carbocycles. The lowest BCUT2D eigenvalue weighted by molar-refractivity contribution is 0.0963. The maximum absolute atomic E-state index is 11.6. The number of nitrogens with one attached hydrogen (secondary N) is 1. The molecule has 0 spiro atoms. The summed E-state index contributed by atoms with van der Waals surface area (Å²) in [6.45, 7) is 0. The van der Waals surface area contributed by atoms with Crippen LogP contribution < -0.4 is 11.1 Å². The molecule has 0 bridgehead atoms. The minimum absolute atomic E-state index is 0.129. The number of nitrogen functional groups attached to an aromatic ring is 1. The SMILES string of the molecule is CNC(=O)c1ccc(-n2cnc3c2CCCC3)c(N)c1. The van der Waals surface area contributed by atoms with Crippen molar-refractivity contribution >= 4 is 11.6 Å². The number of rotatable bonds is 2. The third-order valence-electron chi connectivity index (χ3n) is 3.81. The number of carbonyl (C=O) groups is 1. The van der Waals surface area contributed by atoms with E-state index in [-0.39, 0.29) is 5.91 Å². The molecule has 2 aromatic rings. The summed E-state index contributed by atoms with van der Waals surface area (Å²) in [5.41, 5.74) is 10.6. The van der Waals surface area contributed by atoms with Gasteiger partial charge in [-0.2, -0.15) is 0 Å². The number of benzene rings is 1. The molecule has 5 heteroatoms. The van der Waals surface area contributed by atoms with E-state index in [9.17, 15) is 4.79 Å². The summed E-state index contributed by atoms with van der Waals surface area (Å²) in [7, 11) is 1.61. The zero-order valence-corrected chi connectivity index (χ0v) is 11.5. The topological polar surface area (TPSA) is 72.9 Å². The van der Waals surface area contributed by atoms with Crippen LogP contribution in [0.1, 0.15) is 34.6 Å². The molecule has 3 N–H and O–H groups in total. The first kappa shape index (κ1) is 12.7. The third kappa shape index (κ3) is 2.05. The van der Waals surface area contributed by atoms with Gasteiger partial charge in [-0.1, -0.05) is 0 Å². The Morgan fingerprint density at radius 3 is 2.90 bits per heavy atom. The predicted molar refractivity (Wildman–Crippen MR) is 78.0 cm³/mol. The molecule has 0 aliphatic heterocycles. The van der Waals surface area contributed by atoms with Crippen LogP contribution in [0, 0.1) is 0 Å². The Labute approximate surface area is 117 Å². The molecular formula is C15H18N4O. The summed E-state index contributed by atoms with van der Waals surface area (Å²) < 4.78 is 2.05. The first-order chi connectivity index (χ1) is 9.70. The van der Waals surface area contributed by atoms with Gasteiger partial charge in [-0.05, 0) is 43.9 Å². The summed E-state index contributed by atoms with van der Waals surface area (Å²) in [5, 5.41) is 2.60. The molecule has 1 aromatic heterocycles. The highest BCUT2D eigenvalue weighted by molar-refractivity contribution is 5.95. The molecule has 0 fully saturated rings. The van der Waals surface area contributed by atoms with Gasteiger partial charge < -0.3 is 15.6 Å². The number of aromatic nitrogens is 2. The van der Waals surface area contributed by atoms with E-state index in [2.05, 4.69) is 14.9 Å². The largest absolute Gasteiger partial charge is 0.397 e. The van der Waals surface area contributed by atoms with Crippen LogP contribution in [-0.4, -0.2) is 22.5 Å². The molecule has 1 aromatic carbocycles. The Kier molecular flexibility index (Phi) is 3.18. The van der Waals surface area contributed by atoms with E-state index in [0.29, 0.717) is 11.3 Å². The number of imidazole rings is 1. The number of nitrogens with two attached hydrogens (primary N) is 1. The molecule has 1 aliphatic carbocycles. The van der Waals surface area contributed by atoms with Crippen molar-refractivity contribution in [1.82, 2.24) is 14.9 Å². The number of carbonyl (C=O) groups excluding carboxylic acids is 1. The average molecular weight is 270 g/mol. The van der Waals surface area contributed by atoms with Gasteiger partial charge in [-0.3, -0.25) is 4.79 Å². The van der Waals surface area contributed by atoms with Gasteiger partial charge in [0.05, 0.1) is 23.4 Å². The molecule has 3 rings (SSSR count). The Morgan fingerprint density at radius 2 is 2.15 bits per heavy atom. The number of anilines is 1. The van der Waals surface area contributed by atoms with Crippen LogP contribution in [0.2, 0.25) is 0 Å². The molecule has 0 atom stereocenters. The van der Waals surface area contributed by atoms with Gasteiger partial charge >= 0.3 is 0 Å². The molecule has 104 valence electrons. The first-order valence-electron chi connectivity index (χ1n) is 6.88. The van der Waals surface area contributed by atoms with Crippen LogP contribution in [0.4, 0.5) is 5.69 Å². The normalized spacial score (nSPS) is 13.8. The van der Waals surface area contributed by atoms with Crippen molar-refractivity contribution in [3.05, 3.63) is 41.5 Å². The number of aryl methyl sites for hydroxylation is 1. The summed E-state index contributed by atoms with van der Waals surface area (Å²) in [6, 6.07) is 5.39. The fourth-order valence-corrected chi connectivity index (χ4v) is 2.74. The summed E-state index contributed by atoms with van der Waals surface area (Å²) in [5.74, 6) is -0.129. The van der Waals surface area contributed by atoms with E-state index in [1.54, 1.807) is 19.2 Å². The maximum Gasteiger partial charge on any atom is 0.251 e. The van der Waals surface area contributed by atoms with E-state index in [0.717, 1.165) is 18.5 Å². The van der Waals surface area contributed by atoms with Crippen molar-refractivity contribution in [1.29, 1.82) is 0 Å². The Bertz CT molecular complexity index is 660. The molecule has 1 amide bonds. The number of hydrogen-bond acceptors (Lipinski definition) is 3. The summed E-state index contributed by atoms with van der Waals surface area (Å²) in [4.78, 5) is 16.1. The molecular weight excluding hydrogens is 252 g/mol. The molecule has 0 radical (unpaired) electrons. The summed E-state index contributed by atoms with van der Waals surface area (Å²) in [6.07, 6.45) is 6.30. The van der Waals surface area contributed by atoms with Crippen LogP contribution in [0.25, 0.3) is 5.69 Å². The van der Waals surface area contributed by atoms with Crippen molar-refractivity contribution in [2.75, 3.05) is 12.8 Å². The van der Waals surface area contributed by atoms with Crippen molar-refractivity contribution in [3.8, 4) is 5.69 Å². The Balaban J connectivity index is 2.02. The number of hydrogen-bond donors (Lipinski definition) is 2. The van der Waals surface area contributed by atoms with Crippen molar-refractivity contribution in [2.24, 2.45) is 0 Å². The van der Waals surface area contributed by atoms with Gasteiger partial charge in [0.15, 0.2) is 0 Å². The molecule has 5 nitrogen and oxygen atoms in total. The molecule has 1 aliphatic rings. The van der Waals surface area contributed by atoms with Crippen LogP contribution in [0.3, 0.4) is 0 Å². The minimum Gasteiger partial charge on any atom is -0.397 e. The van der Waals surface area contributed by atoms with Gasteiger partial charge in [0.2, 0.25) is 0 Å². The zero-order chi connectivity index (χ0) is 14.1. The van der Waals surface area contributed by atoms with Crippen molar-refractivity contribution in [2.45, 2.75) is 25.7 Å². The van der Waals surface area contributed by atoms with E-state index in [4.69, 9.17) is 5.73 Å². The van der Waals surface area contributed by atoms with Crippen molar-refractivity contribution < 1.29 is 4.79 Å². The van der Waals surface area contributed by atoms with E-state index >= 15 is 0 Å². The predicted octanol–water partition coefficient (Wildman–Crippen LogP) is 1.69. The molecule has 1 heterocycles. The Hall–Kier alpha value is -2.30. The van der Waals surface area contributed by atoms with Gasteiger partial charge in [-0.25, -0.2) is 4.98 Å². The van der Waals surface area contributed by atoms with Crippen LogP contribution in [0.5, 0.6) is 0 Å². The second kappa shape index (κ2) is 5.00. The fraction of sp³-hybridized carbons (Fsp3) is 0.333. The van der Waals surface area contributed by atoms with E-state index in [1.807, 2.05) is 12.4 Å². The van der Waals surface area contributed by atoms with E-state index in [1.165, 1.54) is 24.2 Å². The number of nitrogens with zero attached hydrogens (tertiary/aromatic N) is 2. The third-order valence-corrected chi connectivity index (χ3v) is 3.81. The average Bonchev–Trinajstić information content (AvgIpc) is 2.90. The lowest BCUT2D eigenvalue weighted by Gasteiger charge is -2.15. The minimum atomic E-state index is -0.129. The van der Waals surface area contributed by atoms with Gasteiger partial charge in [0, 0.05) is 18.3 Å². The molecule has 0 unspecified atom stereocenters. The maximum atomic E-state index is 11.6. The van der Waals surface area contributed by atoms with Gasteiger partial charge in [0.1, 0.15) is 0 Å². The smallest absolute Gasteiger partial charge is 0.251 e. The highest BCUT2D eigenvalue weighted by atomic mass is 16.1. The second-order valence-corrected chi connectivity index (χ2v) is 5.07. The first-order valence-corrected chi connectivity index (χ1v) is 6.88. The van der Waals surface area contributed by atoms with Crippen LogP contribution >= 0.6 is 0 Å². The summed E-state index contributed by atoms with van der Waals surface area (Å²) >= 11 is 0. The van der Waals surface area contributed by atoms with Gasteiger partial charge in [0.25, 0.3) is 5.91 Å². The fourth-order valence-electron chi connectivity index (χ4n) is 2.74. The zero-order valence-electron chi connectivity index (χ0n) is 11.5. The molecule has 0 saturated heterocycles. The van der Waals surface area contributed by atoms with Crippen LogP contribution in [-0.2, 0) is 12.8 Å².